The van der Waals surface area contributed by atoms with Crippen LogP contribution in [0, 0.1) is 0 Å². The van der Waals surface area contributed by atoms with Crippen molar-refractivity contribution in [2.45, 2.75) is 13.0 Å². The van der Waals surface area contributed by atoms with Gasteiger partial charge in [-0.05, 0) is 43.4 Å². The van der Waals surface area contributed by atoms with Crippen LogP contribution in [0.3, 0.4) is 0 Å². The molecule has 1 heterocycles. The Bertz CT molecular complexity index is 776. The van der Waals surface area contributed by atoms with E-state index >= 15 is 0 Å². The third-order valence-electron chi connectivity index (χ3n) is 3.93. The standard InChI is InChI=1S/C18H18N4OS/c1-13-16(20-18(24)19-14-9-5-3-6-10-14)17(23)22(21(13)2)15-11-7-4-8-12-15/h3-13H,1-2H3,(H,19,24). The summed E-state index contributed by atoms with van der Waals surface area (Å²) in [6.45, 7) is 1.94. The fourth-order valence-electron chi connectivity index (χ4n) is 2.57. The quantitative estimate of drug-likeness (QED) is 0.855. The molecule has 122 valence electrons. The molecule has 1 atom stereocenters. The van der Waals surface area contributed by atoms with Crippen LogP contribution in [0.4, 0.5) is 11.4 Å². The molecule has 1 unspecified atom stereocenters. The third-order valence-corrected chi connectivity index (χ3v) is 4.12. The number of nitrogens with zero attached hydrogens (tertiary/aromatic N) is 3. The molecule has 0 radical (unpaired) electrons. The van der Waals surface area contributed by atoms with Crippen molar-refractivity contribution in [3.63, 3.8) is 0 Å². The second kappa shape index (κ2) is 6.90. The van der Waals surface area contributed by atoms with Gasteiger partial charge < -0.3 is 5.32 Å². The molecule has 1 aliphatic rings. The van der Waals surface area contributed by atoms with Crippen molar-refractivity contribution >= 4 is 40.3 Å². The van der Waals surface area contributed by atoms with Crippen LogP contribution >= 0.6 is 12.2 Å². The minimum atomic E-state index is -0.159. The lowest BCUT2D eigenvalue weighted by Crippen LogP contribution is -2.38. The largest absolute Gasteiger partial charge is 0.331 e. The Morgan fingerprint density at radius 3 is 2.29 bits per heavy atom. The predicted octanol–water partition coefficient (Wildman–Crippen LogP) is 3.11. The summed E-state index contributed by atoms with van der Waals surface area (Å²) in [4.78, 5) is 17.1. The van der Waals surface area contributed by atoms with Gasteiger partial charge in [0.25, 0.3) is 5.91 Å². The lowest BCUT2D eigenvalue weighted by atomic mass is 10.2. The molecule has 24 heavy (non-hydrogen) atoms. The van der Waals surface area contributed by atoms with E-state index in [1.54, 1.807) is 5.01 Å². The normalized spacial score (nSPS) is 19.8. The summed E-state index contributed by atoms with van der Waals surface area (Å²) < 4.78 is 0. The van der Waals surface area contributed by atoms with Gasteiger partial charge in [-0.3, -0.25) is 4.79 Å². The molecule has 0 spiro atoms. The topological polar surface area (TPSA) is 47.9 Å². The van der Waals surface area contributed by atoms with Gasteiger partial charge in [-0.1, -0.05) is 36.4 Å². The molecule has 5 nitrogen and oxygen atoms in total. The molecule has 0 bridgehead atoms. The second-order valence-corrected chi connectivity index (χ2v) is 5.88. The number of aliphatic imine (C=N–C) groups is 1. The SMILES string of the molecule is CC1C(=NC(=S)Nc2ccccc2)C(=O)N(c2ccccc2)N1C. The van der Waals surface area contributed by atoms with Crippen molar-refractivity contribution < 1.29 is 4.79 Å². The summed E-state index contributed by atoms with van der Waals surface area (Å²) >= 11 is 5.28. The van der Waals surface area contributed by atoms with Gasteiger partial charge in [0.15, 0.2) is 5.11 Å². The van der Waals surface area contributed by atoms with Crippen LogP contribution < -0.4 is 10.3 Å². The molecule has 0 aliphatic carbocycles. The fraction of sp³-hybridized carbons (Fsp3) is 0.167. The van der Waals surface area contributed by atoms with E-state index in [9.17, 15) is 4.79 Å². The Kier molecular flexibility index (Phi) is 4.69. The van der Waals surface area contributed by atoms with Gasteiger partial charge in [-0.2, -0.15) is 0 Å². The monoisotopic (exact) mass is 338 g/mol. The molecule has 6 heteroatoms. The number of para-hydroxylation sites is 2. The zero-order chi connectivity index (χ0) is 17.1. The van der Waals surface area contributed by atoms with Crippen molar-refractivity contribution in [1.82, 2.24) is 5.01 Å². The summed E-state index contributed by atoms with van der Waals surface area (Å²) in [5.74, 6) is -0.159. The van der Waals surface area contributed by atoms with Crippen LogP contribution in [-0.4, -0.2) is 34.8 Å². The zero-order valence-corrected chi connectivity index (χ0v) is 14.3. The van der Waals surface area contributed by atoms with Crippen molar-refractivity contribution in [1.29, 1.82) is 0 Å². The van der Waals surface area contributed by atoms with Gasteiger partial charge in [0.05, 0.1) is 11.7 Å². The molecular formula is C18H18N4OS. The predicted molar refractivity (Wildman–Crippen MR) is 101 cm³/mol. The van der Waals surface area contributed by atoms with Gasteiger partial charge in [0, 0.05) is 12.7 Å². The van der Waals surface area contributed by atoms with Crippen LogP contribution in [0.2, 0.25) is 0 Å². The Hall–Kier alpha value is -2.57. The molecular weight excluding hydrogens is 320 g/mol. The van der Waals surface area contributed by atoms with Gasteiger partial charge in [0.2, 0.25) is 0 Å². The highest BCUT2D eigenvalue weighted by Gasteiger charge is 2.40. The number of benzene rings is 2. The van der Waals surface area contributed by atoms with E-state index in [1.807, 2.05) is 79.6 Å². The van der Waals surface area contributed by atoms with Crippen LogP contribution in [0.5, 0.6) is 0 Å². The minimum Gasteiger partial charge on any atom is -0.331 e. The number of carbonyl (C=O) groups is 1. The number of rotatable bonds is 2. The third kappa shape index (κ3) is 3.20. The van der Waals surface area contributed by atoms with E-state index in [0.29, 0.717) is 5.71 Å². The molecule has 3 rings (SSSR count). The number of hydrazine groups is 1. The first kappa shape index (κ1) is 16.3. The molecule has 1 N–H and O–H groups in total. The summed E-state index contributed by atoms with van der Waals surface area (Å²) in [6.07, 6.45) is 0. The Morgan fingerprint density at radius 1 is 1.08 bits per heavy atom. The second-order valence-electron chi connectivity index (χ2n) is 5.50. The maximum absolute atomic E-state index is 12.8. The average molecular weight is 338 g/mol. The minimum absolute atomic E-state index is 0.159. The number of anilines is 2. The molecule has 2 aromatic carbocycles. The molecule has 1 fully saturated rings. The van der Waals surface area contributed by atoms with E-state index in [1.165, 1.54) is 0 Å². The number of amides is 1. The van der Waals surface area contributed by atoms with Crippen LogP contribution in [0.1, 0.15) is 6.92 Å². The van der Waals surface area contributed by atoms with Crippen LogP contribution in [0.25, 0.3) is 0 Å². The van der Waals surface area contributed by atoms with E-state index < -0.39 is 0 Å². The first-order valence-electron chi connectivity index (χ1n) is 7.65. The number of hydrogen-bond acceptors (Lipinski definition) is 3. The van der Waals surface area contributed by atoms with Crippen molar-refractivity contribution in [2.24, 2.45) is 4.99 Å². The molecule has 1 amide bonds. The molecule has 0 aromatic heterocycles. The van der Waals surface area contributed by atoms with Gasteiger partial charge >= 0.3 is 0 Å². The van der Waals surface area contributed by atoms with E-state index in [-0.39, 0.29) is 17.1 Å². The Morgan fingerprint density at radius 2 is 1.67 bits per heavy atom. The smallest absolute Gasteiger partial charge is 0.289 e. The highest BCUT2D eigenvalue weighted by atomic mass is 32.1. The first-order chi connectivity index (χ1) is 11.6. The number of nitrogens with one attached hydrogen (secondary N) is 1. The van der Waals surface area contributed by atoms with E-state index in [4.69, 9.17) is 12.2 Å². The lowest BCUT2D eigenvalue weighted by Gasteiger charge is -2.25. The maximum Gasteiger partial charge on any atom is 0.289 e. The van der Waals surface area contributed by atoms with Crippen LogP contribution in [0.15, 0.2) is 65.7 Å². The number of thiocarbonyl (C=S) groups is 1. The van der Waals surface area contributed by atoms with Crippen molar-refractivity contribution in [2.75, 3.05) is 17.4 Å². The fourth-order valence-corrected chi connectivity index (χ4v) is 2.79. The van der Waals surface area contributed by atoms with Crippen molar-refractivity contribution in [3.05, 3.63) is 60.7 Å². The van der Waals surface area contributed by atoms with Crippen molar-refractivity contribution in [3.8, 4) is 0 Å². The molecule has 1 saturated heterocycles. The first-order valence-corrected chi connectivity index (χ1v) is 8.05. The molecule has 2 aromatic rings. The van der Waals surface area contributed by atoms with Gasteiger partial charge in [0.1, 0.15) is 5.71 Å². The highest BCUT2D eigenvalue weighted by molar-refractivity contribution is 7.80. The molecule has 0 saturated carbocycles. The average Bonchev–Trinajstić information content (AvgIpc) is 2.80. The van der Waals surface area contributed by atoms with E-state index in [0.717, 1.165) is 11.4 Å². The molecule has 1 aliphatic heterocycles. The lowest BCUT2D eigenvalue weighted by molar-refractivity contribution is -0.113. The summed E-state index contributed by atoms with van der Waals surface area (Å²) in [5.41, 5.74) is 2.08. The number of carbonyl (C=O) groups excluding carboxylic acids is 1. The Labute approximate surface area is 146 Å². The van der Waals surface area contributed by atoms with E-state index in [2.05, 4.69) is 10.3 Å². The summed E-state index contributed by atoms with van der Waals surface area (Å²) in [7, 11) is 1.87. The summed E-state index contributed by atoms with van der Waals surface area (Å²) in [6, 6.07) is 18.9. The Balaban J connectivity index is 1.83. The zero-order valence-electron chi connectivity index (χ0n) is 13.5. The van der Waals surface area contributed by atoms with Gasteiger partial charge in [-0.25, -0.2) is 15.0 Å². The maximum atomic E-state index is 12.8. The number of hydrogen-bond donors (Lipinski definition) is 1. The summed E-state index contributed by atoms with van der Waals surface area (Å²) in [5, 5.41) is 6.79. The van der Waals surface area contributed by atoms with Gasteiger partial charge in [-0.15, -0.1) is 0 Å². The van der Waals surface area contributed by atoms with Crippen LogP contribution in [-0.2, 0) is 4.79 Å². The highest BCUT2D eigenvalue weighted by Crippen LogP contribution is 2.24.